The summed E-state index contributed by atoms with van der Waals surface area (Å²) in [6.45, 7) is 3.08. The van der Waals surface area contributed by atoms with E-state index in [0.29, 0.717) is 19.0 Å². The number of anilines is 1. The first-order valence-corrected chi connectivity index (χ1v) is 7.69. The van der Waals surface area contributed by atoms with Crippen LogP contribution in [0, 0.1) is 6.92 Å². The lowest BCUT2D eigenvalue weighted by atomic mass is 10.2. The Morgan fingerprint density at radius 3 is 2.91 bits per heavy atom. The lowest BCUT2D eigenvalue weighted by Gasteiger charge is -2.09. The fourth-order valence-electron chi connectivity index (χ4n) is 2.12. The van der Waals surface area contributed by atoms with Gasteiger partial charge in [0.2, 0.25) is 5.13 Å². The first kappa shape index (κ1) is 14.7. The maximum atomic E-state index is 5.03. The van der Waals surface area contributed by atoms with Crippen molar-refractivity contribution in [3.05, 3.63) is 53.6 Å². The van der Waals surface area contributed by atoms with Crippen molar-refractivity contribution in [2.24, 2.45) is 0 Å². The number of hydrogen-bond donors (Lipinski definition) is 1. The van der Waals surface area contributed by atoms with Gasteiger partial charge in [-0.1, -0.05) is 18.2 Å². The molecule has 2 heterocycles. The van der Waals surface area contributed by atoms with E-state index < -0.39 is 0 Å². The summed E-state index contributed by atoms with van der Waals surface area (Å²) < 4.78 is 11.1. The third-order valence-corrected chi connectivity index (χ3v) is 3.84. The topological polar surface area (TPSA) is 64.9 Å². The molecule has 0 spiro atoms. The van der Waals surface area contributed by atoms with Gasteiger partial charge in [-0.25, -0.2) is 9.67 Å². The molecule has 0 fully saturated rings. The normalized spacial score (nSPS) is 10.8. The van der Waals surface area contributed by atoms with Gasteiger partial charge in [0, 0.05) is 31.4 Å². The number of nitrogens with zero attached hydrogens (tertiary/aromatic N) is 4. The number of aryl methyl sites for hydroxylation is 1. The van der Waals surface area contributed by atoms with Gasteiger partial charge in [0.1, 0.15) is 6.61 Å². The summed E-state index contributed by atoms with van der Waals surface area (Å²) in [6.07, 6.45) is 1.97. The molecule has 3 rings (SSSR count). The summed E-state index contributed by atoms with van der Waals surface area (Å²) in [5, 5.41) is 8.57. The fourth-order valence-corrected chi connectivity index (χ4v) is 2.69. The Kier molecular flexibility index (Phi) is 4.45. The molecule has 0 atom stereocenters. The molecule has 1 aromatic carbocycles. The highest BCUT2D eigenvalue weighted by molar-refractivity contribution is 7.09. The predicted octanol–water partition coefficient (Wildman–Crippen LogP) is 2.79. The molecule has 1 N–H and O–H groups in total. The van der Waals surface area contributed by atoms with E-state index >= 15 is 0 Å². The number of ether oxygens (including phenoxy) is 1. The van der Waals surface area contributed by atoms with Crippen LogP contribution in [0.3, 0.4) is 0 Å². The molecule has 0 bridgehead atoms. The van der Waals surface area contributed by atoms with Crippen LogP contribution in [0.25, 0.3) is 5.69 Å². The zero-order valence-corrected chi connectivity index (χ0v) is 13.3. The first-order chi connectivity index (χ1) is 10.8. The molecule has 0 saturated heterocycles. The molecule has 6 nitrogen and oxygen atoms in total. The zero-order valence-electron chi connectivity index (χ0n) is 12.5. The Balaban J connectivity index is 1.75. The first-order valence-electron chi connectivity index (χ1n) is 6.92. The molecule has 114 valence electrons. The number of para-hydroxylation sites is 1. The summed E-state index contributed by atoms with van der Waals surface area (Å²) in [6, 6.07) is 10.2. The molecule has 7 heteroatoms. The van der Waals surface area contributed by atoms with Gasteiger partial charge < -0.3 is 10.1 Å². The van der Waals surface area contributed by atoms with Crippen molar-refractivity contribution in [1.82, 2.24) is 19.1 Å². The van der Waals surface area contributed by atoms with E-state index in [1.54, 1.807) is 7.11 Å². The second-order valence-electron chi connectivity index (χ2n) is 4.83. The Hall–Kier alpha value is -2.25. The van der Waals surface area contributed by atoms with Crippen LogP contribution in [0.4, 0.5) is 5.13 Å². The van der Waals surface area contributed by atoms with Crippen LogP contribution in [-0.2, 0) is 17.9 Å². The summed E-state index contributed by atoms with van der Waals surface area (Å²) in [5.41, 5.74) is 3.20. The van der Waals surface area contributed by atoms with Crippen molar-refractivity contribution >= 4 is 16.7 Å². The zero-order chi connectivity index (χ0) is 15.4. The smallest absolute Gasteiger partial charge is 0.202 e. The molecule has 0 aliphatic heterocycles. The summed E-state index contributed by atoms with van der Waals surface area (Å²) in [7, 11) is 1.64. The summed E-state index contributed by atoms with van der Waals surface area (Å²) in [5.74, 6) is 0.700. The van der Waals surface area contributed by atoms with Crippen LogP contribution in [0.1, 0.15) is 17.1 Å². The molecule has 0 aliphatic carbocycles. The number of nitrogens with one attached hydrogen (secondary N) is 1. The lowest BCUT2D eigenvalue weighted by molar-refractivity contribution is 0.179. The number of rotatable bonds is 6. The van der Waals surface area contributed by atoms with Gasteiger partial charge in [-0.2, -0.15) is 9.47 Å². The highest BCUT2D eigenvalue weighted by Gasteiger charge is 2.07. The molecular weight excluding hydrogens is 298 g/mol. The minimum absolute atomic E-state index is 0.432. The van der Waals surface area contributed by atoms with Crippen LogP contribution in [0.15, 0.2) is 36.5 Å². The Labute approximate surface area is 132 Å². The van der Waals surface area contributed by atoms with Crippen LogP contribution >= 0.6 is 11.5 Å². The molecule has 0 unspecified atom stereocenters. The highest BCUT2D eigenvalue weighted by atomic mass is 32.1. The van der Waals surface area contributed by atoms with E-state index in [0.717, 1.165) is 22.1 Å². The van der Waals surface area contributed by atoms with E-state index in [-0.39, 0.29) is 0 Å². The van der Waals surface area contributed by atoms with Crippen LogP contribution in [-0.4, -0.2) is 26.2 Å². The highest BCUT2D eigenvalue weighted by Crippen LogP contribution is 2.17. The van der Waals surface area contributed by atoms with Gasteiger partial charge in [-0.05, 0) is 24.6 Å². The molecule has 0 radical (unpaired) electrons. The standard InChI is InChI=1S/C15H17N5OS/c1-11-7-8-20(18-11)13-6-4-3-5-12(13)9-16-15-17-14(10-21-2)19-22-15/h3-8H,9-10H2,1-2H3,(H,16,17,19). The molecule has 0 amide bonds. The van der Waals surface area contributed by atoms with E-state index in [1.807, 2.05) is 36.0 Å². The second kappa shape index (κ2) is 6.67. The second-order valence-corrected chi connectivity index (χ2v) is 5.58. The molecule has 2 aromatic heterocycles. The van der Waals surface area contributed by atoms with Crippen molar-refractivity contribution in [1.29, 1.82) is 0 Å². The minimum atomic E-state index is 0.432. The predicted molar refractivity (Wildman–Crippen MR) is 86.2 cm³/mol. The summed E-state index contributed by atoms with van der Waals surface area (Å²) in [4.78, 5) is 4.37. The fraction of sp³-hybridized carbons (Fsp3) is 0.267. The third-order valence-electron chi connectivity index (χ3n) is 3.13. The lowest BCUT2D eigenvalue weighted by Crippen LogP contribution is -2.05. The van der Waals surface area contributed by atoms with Gasteiger partial charge in [0.25, 0.3) is 0 Å². The van der Waals surface area contributed by atoms with Crippen LogP contribution in [0.2, 0.25) is 0 Å². The molecular formula is C15H17N5OS. The van der Waals surface area contributed by atoms with E-state index in [1.165, 1.54) is 11.5 Å². The molecule has 22 heavy (non-hydrogen) atoms. The van der Waals surface area contributed by atoms with Crippen LogP contribution < -0.4 is 5.32 Å². The quantitative estimate of drug-likeness (QED) is 0.758. The maximum absolute atomic E-state index is 5.03. The Morgan fingerprint density at radius 1 is 1.27 bits per heavy atom. The number of benzene rings is 1. The van der Waals surface area contributed by atoms with Crippen molar-refractivity contribution < 1.29 is 4.74 Å². The monoisotopic (exact) mass is 315 g/mol. The average Bonchev–Trinajstić information content (AvgIpc) is 3.15. The SMILES string of the molecule is COCc1nsc(NCc2ccccc2-n2ccc(C)n2)n1. The number of hydrogen-bond acceptors (Lipinski definition) is 6. The Morgan fingerprint density at radius 2 is 2.14 bits per heavy atom. The molecule has 0 saturated carbocycles. The third kappa shape index (κ3) is 3.32. The van der Waals surface area contributed by atoms with Crippen molar-refractivity contribution in [3.63, 3.8) is 0 Å². The van der Waals surface area contributed by atoms with Crippen molar-refractivity contribution in [3.8, 4) is 5.69 Å². The van der Waals surface area contributed by atoms with Crippen LogP contribution in [0.5, 0.6) is 0 Å². The van der Waals surface area contributed by atoms with Gasteiger partial charge in [0.15, 0.2) is 5.82 Å². The largest absolute Gasteiger partial charge is 0.377 e. The van der Waals surface area contributed by atoms with Gasteiger partial charge in [0.05, 0.1) is 11.4 Å². The maximum Gasteiger partial charge on any atom is 0.202 e. The van der Waals surface area contributed by atoms with E-state index in [9.17, 15) is 0 Å². The van der Waals surface area contributed by atoms with Gasteiger partial charge in [-0.15, -0.1) is 0 Å². The Bertz CT molecular complexity index is 752. The number of aromatic nitrogens is 4. The van der Waals surface area contributed by atoms with E-state index in [4.69, 9.17) is 4.74 Å². The average molecular weight is 315 g/mol. The molecule has 3 aromatic rings. The van der Waals surface area contributed by atoms with Crippen molar-refractivity contribution in [2.75, 3.05) is 12.4 Å². The number of methoxy groups -OCH3 is 1. The van der Waals surface area contributed by atoms with Gasteiger partial charge in [-0.3, -0.25) is 0 Å². The van der Waals surface area contributed by atoms with Gasteiger partial charge >= 0.3 is 0 Å². The summed E-state index contributed by atoms with van der Waals surface area (Å²) >= 11 is 1.34. The van der Waals surface area contributed by atoms with Crippen molar-refractivity contribution in [2.45, 2.75) is 20.1 Å². The minimum Gasteiger partial charge on any atom is -0.377 e. The van der Waals surface area contributed by atoms with E-state index in [2.05, 4.69) is 31.9 Å². The molecule has 0 aliphatic rings.